The lowest BCUT2D eigenvalue weighted by molar-refractivity contribution is 0.360. The Labute approximate surface area is 90.4 Å². The predicted octanol–water partition coefficient (Wildman–Crippen LogP) is 1.21. The number of aryl methyl sites for hydroxylation is 1. The van der Waals surface area contributed by atoms with Crippen molar-refractivity contribution >= 4 is 0 Å². The van der Waals surface area contributed by atoms with E-state index in [1.807, 2.05) is 13.0 Å². The Kier molecular flexibility index (Phi) is 3.38. The molecule has 1 fully saturated rings. The topological polar surface area (TPSA) is 50.1 Å². The summed E-state index contributed by atoms with van der Waals surface area (Å²) in [5.41, 5.74) is 0.940. The summed E-state index contributed by atoms with van der Waals surface area (Å²) in [5, 5.41) is 10.7. The lowest BCUT2D eigenvalue weighted by Crippen LogP contribution is -2.36. The van der Waals surface area contributed by atoms with Crippen LogP contribution in [0.1, 0.15) is 31.2 Å². The number of nitrogens with zero attached hydrogens (tertiary/aromatic N) is 1. The number of hydrogen-bond acceptors (Lipinski definition) is 4. The van der Waals surface area contributed by atoms with Gasteiger partial charge in [-0.05, 0) is 26.7 Å². The molecule has 0 bridgehead atoms. The molecular weight excluding hydrogens is 190 g/mol. The van der Waals surface area contributed by atoms with E-state index in [0.717, 1.165) is 30.6 Å². The van der Waals surface area contributed by atoms with E-state index in [0.29, 0.717) is 6.04 Å². The average molecular weight is 209 g/mol. The summed E-state index contributed by atoms with van der Waals surface area (Å²) in [6.07, 6.45) is 2.68. The molecule has 1 aromatic rings. The van der Waals surface area contributed by atoms with Crippen molar-refractivity contribution < 1.29 is 4.52 Å². The zero-order valence-electron chi connectivity index (χ0n) is 9.42. The molecule has 2 rings (SSSR count). The summed E-state index contributed by atoms with van der Waals surface area (Å²) in [7, 11) is 0. The molecule has 2 N–H and O–H groups in total. The third-order valence-corrected chi connectivity index (χ3v) is 2.59. The van der Waals surface area contributed by atoms with Crippen LogP contribution >= 0.6 is 0 Å². The smallest absolute Gasteiger partial charge is 0.150 e. The molecule has 1 unspecified atom stereocenters. The summed E-state index contributed by atoms with van der Waals surface area (Å²) in [6, 6.07) is 3.21. The second-order valence-electron chi connectivity index (χ2n) is 4.40. The largest absolute Gasteiger partial charge is 0.360 e. The van der Waals surface area contributed by atoms with E-state index in [2.05, 4.69) is 22.7 Å². The number of hydrogen-bond donors (Lipinski definition) is 2. The van der Waals surface area contributed by atoms with Crippen LogP contribution in [0.2, 0.25) is 0 Å². The second kappa shape index (κ2) is 4.77. The Balaban J connectivity index is 1.63. The number of rotatable bonds is 6. The molecule has 0 aliphatic heterocycles. The van der Waals surface area contributed by atoms with E-state index in [1.165, 1.54) is 12.8 Å². The number of nitrogens with one attached hydrogen (secondary N) is 2. The highest BCUT2D eigenvalue weighted by atomic mass is 16.5. The van der Waals surface area contributed by atoms with Crippen molar-refractivity contribution in [1.29, 1.82) is 0 Å². The SMILES string of the molecule is Cc1cc(CNC(C)CNC2CC2)on1. The van der Waals surface area contributed by atoms with Gasteiger partial charge in [-0.3, -0.25) is 0 Å². The van der Waals surface area contributed by atoms with Gasteiger partial charge in [-0.2, -0.15) is 0 Å². The van der Waals surface area contributed by atoms with Crippen LogP contribution in [0.3, 0.4) is 0 Å². The fraction of sp³-hybridized carbons (Fsp3) is 0.727. The third kappa shape index (κ3) is 3.64. The highest BCUT2D eigenvalue weighted by molar-refractivity contribution is 5.02. The van der Waals surface area contributed by atoms with Crippen molar-refractivity contribution in [2.45, 2.75) is 45.3 Å². The van der Waals surface area contributed by atoms with Crippen LogP contribution in [0, 0.1) is 6.92 Å². The first-order chi connectivity index (χ1) is 7.24. The van der Waals surface area contributed by atoms with E-state index in [9.17, 15) is 0 Å². The second-order valence-corrected chi connectivity index (χ2v) is 4.40. The first kappa shape index (κ1) is 10.6. The van der Waals surface area contributed by atoms with Crippen LogP contribution in [-0.4, -0.2) is 23.8 Å². The molecule has 0 spiro atoms. The molecule has 1 atom stereocenters. The Morgan fingerprint density at radius 1 is 1.60 bits per heavy atom. The maximum absolute atomic E-state index is 5.12. The standard InChI is InChI=1S/C11H19N3O/c1-8-5-11(15-14-8)7-12-9(2)6-13-10-3-4-10/h5,9-10,12-13H,3-4,6-7H2,1-2H3. The quantitative estimate of drug-likeness (QED) is 0.739. The van der Waals surface area contributed by atoms with Crippen molar-refractivity contribution in [1.82, 2.24) is 15.8 Å². The van der Waals surface area contributed by atoms with Crippen LogP contribution in [-0.2, 0) is 6.54 Å². The van der Waals surface area contributed by atoms with Crippen LogP contribution in [0.5, 0.6) is 0 Å². The van der Waals surface area contributed by atoms with Crippen LogP contribution in [0.4, 0.5) is 0 Å². The van der Waals surface area contributed by atoms with E-state index < -0.39 is 0 Å². The molecule has 4 nitrogen and oxygen atoms in total. The Morgan fingerprint density at radius 3 is 3.00 bits per heavy atom. The highest BCUT2D eigenvalue weighted by Gasteiger charge is 2.20. The molecule has 0 radical (unpaired) electrons. The van der Waals surface area contributed by atoms with E-state index in [4.69, 9.17) is 4.52 Å². The molecule has 0 saturated heterocycles. The van der Waals surface area contributed by atoms with Crippen LogP contribution < -0.4 is 10.6 Å². The summed E-state index contributed by atoms with van der Waals surface area (Å²) >= 11 is 0. The molecule has 1 aliphatic rings. The van der Waals surface area contributed by atoms with Gasteiger partial charge in [-0.15, -0.1) is 0 Å². The average Bonchev–Trinajstić information content (AvgIpc) is 2.95. The Hall–Kier alpha value is -0.870. The van der Waals surface area contributed by atoms with Crippen molar-refractivity contribution in [3.05, 3.63) is 17.5 Å². The minimum absolute atomic E-state index is 0.469. The normalized spacial score (nSPS) is 18.0. The highest BCUT2D eigenvalue weighted by Crippen LogP contribution is 2.18. The van der Waals surface area contributed by atoms with Gasteiger partial charge in [0.25, 0.3) is 0 Å². The van der Waals surface area contributed by atoms with Crippen molar-refractivity contribution in [3.63, 3.8) is 0 Å². The van der Waals surface area contributed by atoms with Gasteiger partial charge in [0.2, 0.25) is 0 Å². The molecule has 0 amide bonds. The zero-order valence-corrected chi connectivity index (χ0v) is 9.42. The molecule has 4 heteroatoms. The van der Waals surface area contributed by atoms with E-state index in [-0.39, 0.29) is 0 Å². The molecule has 1 aliphatic carbocycles. The molecule has 0 aromatic carbocycles. The van der Waals surface area contributed by atoms with Gasteiger partial charge in [-0.25, -0.2) is 0 Å². The first-order valence-electron chi connectivity index (χ1n) is 5.63. The summed E-state index contributed by atoms with van der Waals surface area (Å²) in [5.74, 6) is 0.908. The monoisotopic (exact) mass is 209 g/mol. The van der Waals surface area contributed by atoms with Gasteiger partial charge in [-0.1, -0.05) is 5.16 Å². The maximum atomic E-state index is 5.12. The summed E-state index contributed by atoms with van der Waals surface area (Å²) in [6.45, 7) is 5.90. The lowest BCUT2D eigenvalue weighted by Gasteiger charge is -2.12. The zero-order chi connectivity index (χ0) is 10.7. The minimum Gasteiger partial charge on any atom is -0.360 e. The minimum atomic E-state index is 0.469. The lowest BCUT2D eigenvalue weighted by atomic mass is 10.3. The fourth-order valence-corrected chi connectivity index (χ4v) is 1.48. The fourth-order valence-electron chi connectivity index (χ4n) is 1.48. The van der Waals surface area contributed by atoms with Crippen molar-refractivity contribution in [3.8, 4) is 0 Å². The summed E-state index contributed by atoms with van der Waals surface area (Å²) in [4.78, 5) is 0. The van der Waals surface area contributed by atoms with Gasteiger partial charge < -0.3 is 15.2 Å². The molecule has 84 valence electrons. The van der Waals surface area contributed by atoms with E-state index >= 15 is 0 Å². The van der Waals surface area contributed by atoms with Crippen molar-refractivity contribution in [2.24, 2.45) is 0 Å². The molecule has 15 heavy (non-hydrogen) atoms. The van der Waals surface area contributed by atoms with Gasteiger partial charge in [0.1, 0.15) is 0 Å². The first-order valence-corrected chi connectivity index (χ1v) is 5.63. The maximum Gasteiger partial charge on any atom is 0.150 e. The van der Waals surface area contributed by atoms with E-state index in [1.54, 1.807) is 0 Å². The van der Waals surface area contributed by atoms with Crippen LogP contribution in [0.25, 0.3) is 0 Å². The molecular formula is C11H19N3O. The van der Waals surface area contributed by atoms with Gasteiger partial charge in [0.15, 0.2) is 5.76 Å². The van der Waals surface area contributed by atoms with Gasteiger partial charge in [0, 0.05) is 24.7 Å². The Bertz CT molecular complexity index is 307. The van der Waals surface area contributed by atoms with Gasteiger partial charge >= 0.3 is 0 Å². The number of aromatic nitrogens is 1. The van der Waals surface area contributed by atoms with Crippen molar-refractivity contribution in [2.75, 3.05) is 6.54 Å². The summed E-state index contributed by atoms with van der Waals surface area (Å²) < 4.78 is 5.12. The predicted molar refractivity (Wildman–Crippen MR) is 58.6 cm³/mol. The van der Waals surface area contributed by atoms with Crippen LogP contribution in [0.15, 0.2) is 10.6 Å². The third-order valence-electron chi connectivity index (χ3n) is 2.59. The Morgan fingerprint density at radius 2 is 2.40 bits per heavy atom. The molecule has 1 heterocycles. The molecule has 1 saturated carbocycles. The van der Waals surface area contributed by atoms with Gasteiger partial charge in [0.05, 0.1) is 12.2 Å². The molecule has 1 aromatic heterocycles.